The van der Waals surface area contributed by atoms with Gasteiger partial charge in [-0.25, -0.2) is 0 Å². The van der Waals surface area contributed by atoms with Gasteiger partial charge in [0.05, 0.1) is 17.6 Å². The van der Waals surface area contributed by atoms with Gasteiger partial charge in [0.15, 0.2) is 4.77 Å². The molecule has 2 atom stereocenters. The number of nitrogens with one attached hydrogen (secondary N) is 3. The molecule has 3 heterocycles. The van der Waals surface area contributed by atoms with Gasteiger partial charge in [0.25, 0.3) is 5.56 Å². The molecule has 1 amide bonds. The Hall–Kier alpha value is -2.24. The molecule has 0 radical (unpaired) electrons. The smallest absolute Gasteiger partial charge is 0.257 e. The largest absolute Gasteiger partial charge is 0.318 e. The topological polar surface area (TPSA) is 102 Å². The molecule has 8 heteroatoms. The minimum atomic E-state index is -0.938. The van der Waals surface area contributed by atoms with E-state index in [4.69, 9.17) is 12.2 Å². The Morgan fingerprint density at radius 3 is 2.80 bits per heavy atom. The van der Waals surface area contributed by atoms with Crippen LogP contribution in [-0.2, 0) is 4.79 Å². The molecule has 0 saturated heterocycles. The second-order valence-corrected chi connectivity index (χ2v) is 5.67. The summed E-state index contributed by atoms with van der Waals surface area (Å²) >= 11 is 6.30. The lowest BCUT2D eigenvalue weighted by Crippen LogP contribution is -2.37. The van der Waals surface area contributed by atoms with Gasteiger partial charge in [0.2, 0.25) is 5.91 Å². The molecule has 6 nitrogen and oxygen atoms in total. The van der Waals surface area contributed by atoms with Gasteiger partial charge in [-0.15, -0.1) is 11.3 Å². The van der Waals surface area contributed by atoms with Crippen LogP contribution in [0.1, 0.15) is 16.4 Å². The van der Waals surface area contributed by atoms with Crippen molar-refractivity contribution in [2.24, 2.45) is 5.92 Å². The molecule has 2 aromatic rings. The Kier molecular flexibility index (Phi) is 3.00. The van der Waals surface area contributed by atoms with Crippen molar-refractivity contribution in [3.05, 3.63) is 43.1 Å². The lowest BCUT2D eigenvalue weighted by atomic mass is 9.83. The van der Waals surface area contributed by atoms with E-state index in [2.05, 4.69) is 15.3 Å². The van der Waals surface area contributed by atoms with Crippen molar-refractivity contribution in [1.29, 1.82) is 5.26 Å². The van der Waals surface area contributed by atoms with Crippen molar-refractivity contribution in [2.75, 3.05) is 5.32 Å². The molecule has 3 N–H and O–H groups in total. The number of carbonyl (C=O) groups excluding carboxylic acids is 1. The van der Waals surface area contributed by atoms with Crippen LogP contribution in [0.25, 0.3) is 0 Å². The van der Waals surface area contributed by atoms with Gasteiger partial charge in [0, 0.05) is 4.88 Å². The van der Waals surface area contributed by atoms with E-state index in [0.717, 1.165) is 4.88 Å². The zero-order valence-corrected chi connectivity index (χ0v) is 11.6. The third-order valence-corrected chi connectivity index (χ3v) is 4.30. The van der Waals surface area contributed by atoms with Crippen LogP contribution < -0.4 is 10.9 Å². The Balaban J connectivity index is 2.31. The van der Waals surface area contributed by atoms with Crippen molar-refractivity contribution >= 4 is 35.3 Å². The molecule has 0 spiro atoms. The fourth-order valence-electron chi connectivity index (χ4n) is 2.32. The zero-order valence-electron chi connectivity index (χ0n) is 9.97. The van der Waals surface area contributed by atoms with Gasteiger partial charge in [0.1, 0.15) is 11.7 Å². The number of fused-ring (bicyclic) bond motifs is 1. The molecule has 20 heavy (non-hydrogen) atoms. The summed E-state index contributed by atoms with van der Waals surface area (Å²) in [6.07, 6.45) is 0. The van der Waals surface area contributed by atoms with Gasteiger partial charge in [-0.2, -0.15) is 5.26 Å². The summed E-state index contributed by atoms with van der Waals surface area (Å²) < 4.78 is 0.134. The number of aromatic amines is 2. The minimum Gasteiger partial charge on any atom is -0.318 e. The first-order valence-corrected chi connectivity index (χ1v) is 7.01. The summed E-state index contributed by atoms with van der Waals surface area (Å²) in [5, 5.41) is 13.6. The van der Waals surface area contributed by atoms with Gasteiger partial charge >= 0.3 is 0 Å². The summed E-state index contributed by atoms with van der Waals surface area (Å²) in [6.45, 7) is 0. The molecule has 1 aliphatic heterocycles. The molecular weight excluding hydrogens is 296 g/mol. The Morgan fingerprint density at radius 2 is 2.15 bits per heavy atom. The molecule has 0 saturated carbocycles. The first-order chi connectivity index (χ1) is 9.61. The van der Waals surface area contributed by atoms with Crippen LogP contribution in [0.15, 0.2) is 22.3 Å². The quantitative estimate of drug-likeness (QED) is 0.698. The van der Waals surface area contributed by atoms with Crippen LogP contribution >= 0.6 is 23.6 Å². The second kappa shape index (κ2) is 4.70. The average Bonchev–Trinajstić information content (AvgIpc) is 2.90. The van der Waals surface area contributed by atoms with Gasteiger partial charge in [-0.05, 0) is 23.7 Å². The van der Waals surface area contributed by atoms with Crippen LogP contribution in [0.3, 0.4) is 0 Å². The highest BCUT2D eigenvalue weighted by molar-refractivity contribution is 7.71. The molecular formula is C12H8N4O2S2. The lowest BCUT2D eigenvalue weighted by Gasteiger charge is -2.27. The Morgan fingerprint density at radius 1 is 1.35 bits per heavy atom. The SMILES string of the molecule is N#C[C@@H]1C(=O)Nc2[nH]c(=S)[nH]c(=O)c2[C@@H]1c1cccs1. The van der Waals surface area contributed by atoms with Crippen LogP contribution in [-0.4, -0.2) is 15.9 Å². The summed E-state index contributed by atoms with van der Waals surface area (Å²) in [7, 11) is 0. The number of anilines is 1. The van der Waals surface area contributed by atoms with E-state index in [1.807, 2.05) is 23.6 Å². The lowest BCUT2D eigenvalue weighted by molar-refractivity contribution is -0.119. The molecule has 1 aliphatic rings. The normalized spacial score (nSPS) is 20.9. The molecule has 0 unspecified atom stereocenters. The molecule has 100 valence electrons. The number of hydrogen-bond acceptors (Lipinski definition) is 5. The average molecular weight is 304 g/mol. The first kappa shape index (κ1) is 12.8. The van der Waals surface area contributed by atoms with E-state index >= 15 is 0 Å². The number of rotatable bonds is 1. The monoisotopic (exact) mass is 304 g/mol. The van der Waals surface area contributed by atoms with Crippen molar-refractivity contribution in [2.45, 2.75) is 5.92 Å². The van der Waals surface area contributed by atoms with E-state index in [0.29, 0.717) is 5.56 Å². The first-order valence-electron chi connectivity index (χ1n) is 5.72. The molecule has 0 bridgehead atoms. The number of hydrogen-bond donors (Lipinski definition) is 3. The van der Waals surface area contributed by atoms with Crippen LogP contribution in [0.2, 0.25) is 0 Å². The van der Waals surface area contributed by atoms with Crippen LogP contribution in [0.5, 0.6) is 0 Å². The van der Waals surface area contributed by atoms with E-state index in [1.54, 1.807) is 0 Å². The fourth-order valence-corrected chi connectivity index (χ4v) is 3.39. The maximum absolute atomic E-state index is 12.2. The molecule has 2 aromatic heterocycles. The van der Waals surface area contributed by atoms with E-state index in [1.165, 1.54) is 11.3 Å². The second-order valence-electron chi connectivity index (χ2n) is 4.29. The Bertz CT molecular complexity index is 828. The van der Waals surface area contributed by atoms with Gasteiger partial charge in [-0.1, -0.05) is 6.07 Å². The summed E-state index contributed by atoms with van der Waals surface area (Å²) in [5.41, 5.74) is -0.0467. The summed E-state index contributed by atoms with van der Waals surface area (Å²) in [4.78, 5) is 30.2. The summed E-state index contributed by atoms with van der Waals surface area (Å²) in [5.74, 6) is -1.69. The van der Waals surface area contributed by atoms with Gasteiger partial charge < -0.3 is 10.3 Å². The predicted octanol–water partition coefficient (Wildman–Crippen LogP) is 1.72. The number of amides is 1. The number of H-pyrrole nitrogens is 2. The highest BCUT2D eigenvalue weighted by Gasteiger charge is 2.40. The number of thiophene rings is 1. The van der Waals surface area contributed by atoms with Crippen LogP contribution in [0.4, 0.5) is 5.82 Å². The van der Waals surface area contributed by atoms with E-state index in [9.17, 15) is 14.9 Å². The van der Waals surface area contributed by atoms with E-state index < -0.39 is 17.7 Å². The van der Waals surface area contributed by atoms with Crippen molar-refractivity contribution in [3.8, 4) is 6.07 Å². The molecule has 0 fully saturated rings. The van der Waals surface area contributed by atoms with Crippen molar-refractivity contribution in [1.82, 2.24) is 9.97 Å². The molecule has 3 rings (SSSR count). The van der Waals surface area contributed by atoms with Crippen LogP contribution in [0, 0.1) is 22.0 Å². The van der Waals surface area contributed by atoms with Gasteiger partial charge in [-0.3, -0.25) is 14.6 Å². The predicted molar refractivity (Wildman–Crippen MR) is 76.1 cm³/mol. The number of aromatic nitrogens is 2. The van der Waals surface area contributed by atoms with Crippen molar-refractivity contribution < 1.29 is 4.79 Å². The van der Waals surface area contributed by atoms with E-state index in [-0.39, 0.29) is 16.1 Å². The fraction of sp³-hybridized carbons (Fsp3) is 0.167. The third-order valence-electron chi connectivity index (χ3n) is 3.14. The minimum absolute atomic E-state index is 0.134. The number of carbonyl (C=O) groups is 1. The Labute approximate surface area is 122 Å². The molecule has 0 aromatic carbocycles. The highest BCUT2D eigenvalue weighted by atomic mass is 32.1. The zero-order chi connectivity index (χ0) is 14.3. The maximum atomic E-state index is 12.2. The molecule has 0 aliphatic carbocycles. The number of nitrogens with zero attached hydrogens (tertiary/aromatic N) is 1. The summed E-state index contributed by atoms with van der Waals surface area (Å²) in [6, 6.07) is 5.60. The highest BCUT2D eigenvalue weighted by Crippen LogP contribution is 2.39. The standard InChI is InChI=1S/C12H8N4O2S2/c13-4-5-7(6-2-1-3-20-6)8-9(14-10(5)17)15-12(19)16-11(8)18/h1-3,5,7H,(H3,14,15,16,17,18,19)/t5-,7-/m0/s1. The van der Waals surface area contributed by atoms with Crippen molar-refractivity contribution in [3.63, 3.8) is 0 Å². The third kappa shape index (κ3) is 1.88. The maximum Gasteiger partial charge on any atom is 0.257 e. The number of nitriles is 1.